The Hall–Kier alpha value is -0.860. The molecule has 0 aromatic heterocycles. The minimum Gasteiger partial charge on any atom is -0.449 e. The van der Waals surface area contributed by atoms with Gasteiger partial charge in [0.2, 0.25) is 0 Å². The maximum absolute atomic E-state index is 12.1. The average Bonchev–Trinajstić information content (AvgIpc) is 2.52. The highest BCUT2D eigenvalue weighted by molar-refractivity contribution is 7.87. The third-order valence-electron chi connectivity index (χ3n) is 3.47. The van der Waals surface area contributed by atoms with E-state index in [-0.39, 0.29) is 24.7 Å². The van der Waals surface area contributed by atoms with Crippen LogP contribution in [0.3, 0.4) is 0 Å². The van der Waals surface area contributed by atoms with Crippen LogP contribution in [0.15, 0.2) is 0 Å². The Morgan fingerprint density at radius 2 is 1.94 bits per heavy atom. The second-order valence-electron chi connectivity index (χ2n) is 4.77. The fraction of sp³-hybridized carbons (Fsp3) is 0.900. The Kier molecular flexibility index (Phi) is 3.79. The molecule has 3 N–H and O–H groups in total. The first-order valence-electron chi connectivity index (χ1n) is 6.17. The highest BCUT2D eigenvalue weighted by Gasteiger charge is 2.46. The van der Waals surface area contributed by atoms with Crippen LogP contribution in [-0.4, -0.2) is 43.5 Å². The van der Waals surface area contributed by atoms with Crippen LogP contribution in [0.4, 0.5) is 4.79 Å². The number of nitrogens with zero attached hydrogens (tertiary/aromatic N) is 1. The second kappa shape index (κ2) is 5.02. The summed E-state index contributed by atoms with van der Waals surface area (Å²) >= 11 is 0. The summed E-state index contributed by atoms with van der Waals surface area (Å²) in [6.07, 6.45) is 2.00. The van der Waals surface area contributed by atoms with Crippen LogP contribution in [0.25, 0.3) is 0 Å². The van der Waals surface area contributed by atoms with Crippen molar-refractivity contribution in [2.24, 2.45) is 5.73 Å². The molecule has 2 unspecified atom stereocenters. The van der Waals surface area contributed by atoms with Gasteiger partial charge in [-0.3, -0.25) is 0 Å². The van der Waals surface area contributed by atoms with Crippen LogP contribution in [-0.2, 0) is 14.9 Å². The summed E-state index contributed by atoms with van der Waals surface area (Å²) in [6, 6.07) is -0.132. The van der Waals surface area contributed by atoms with Gasteiger partial charge in [-0.05, 0) is 32.6 Å². The summed E-state index contributed by atoms with van der Waals surface area (Å²) in [5.74, 6) is 0. The van der Waals surface area contributed by atoms with E-state index in [1.807, 2.05) is 4.72 Å². The molecule has 1 amide bonds. The number of hydrogen-bond donors (Lipinski definition) is 2. The van der Waals surface area contributed by atoms with E-state index < -0.39 is 16.3 Å². The normalized spacial score (nSPS) is 32.2. The molecule has 0 spiro atoms. The van der Waals surface area contributed by atoms with Crippen molar-refractivity contribution < 1.29 is 17.9 Å². The molecule has 2 atom stereocenters. The summed E-state index contributed by atoms with van der Waals surface area (Å²) in [5, 5.41) is 0. The molecule has 2 fully saturated rings. The molecule has 7 nitrogen and oxygen atoms in total. The summed E-state index contributed by atoms with van der Waals surface area (Å²) in [7, 11) is -3.81. The second-order valence-corrected chi connectivity index (χ2v) is 6.35. The lowest BCUT2D eigenvalue weighted by Gasteiger charge is -2.36. The van der Waals surface area contributed by atoms with E-state index >= 15 is 0 Å². The maximum atomic E-state index is 12.1. The fourth-order valence-electron chi connectivity index (χ4n) is 2.89. The van der Waals surface area contributed by atoms with Crippen LogP contribution in [0, 0.1) is 0 Å². The predicted octanol–water partition coefficient (Wildman–Crippen LogP) is -0.0686. The molecule has 0 aromatic carbocycles. The van der Waals surface area contributed by atoms with E-state index in [0.717, 1.165) is 12.8 Å². The van der Waals surface area contributed by atoms with Crippen LogP contribution < -0.4 is 10.5 Å². The lowest BCUT2D eigenvalue weighted by Crippen LogP contribution is -2.54. The van der Waals surface area contributed by atoms with Gasteiger partial charge < -0.3 is 10.5 Å². The Morgan fingerprint density at radius 1 is 1.39 bits per heavy atom. The molecule has 104 valence electrons. The van der Waals surface area contributed by atoms with Crippen molar-refractivity contribution in [2.45, 2.75) is 50.7 Å². The van der Waals surface area contributed by atoms with E-state index in [1.165, 1.54) is 4.31 Å². The minimum absolute atomic E-state index is 0.0524. The number of fused-ring (bicyclic) bond motifs is 2. The number of nitrogens with one attached hydrogen (secondary N) is 1. The number of carbonyl (C=O) groups excluding carboxylic acids is 1. The smallest absolute Gasteiger partial charge is 0.421 e. The molecule has 2 bridgehead atoms. The molecule has 0 radical (unpaired) electrons. The lowest BCUT2D eigenvalue weighted by molar-refractivity contribution is 0.156. The Bertz CT molecular complexity index is 411. The molecule has 2 heterocycles. The molecule has 2 rings (SSSR count). The average molecular weight is 277 g/mol. The molecule has 8 heteroatoms. The van der Waals surface area contributed by atoms with Crippen LogP contribution in [0.5, 0.6) is 0 Å². The van der Waals surface area contributed by atoms with Crippen molar-refractivity contribution in [3.8, 4) is 0 Å². The fourth-order valence-corrected chi connectivity index (χ4v) is 4.43. The number of ether oxygens (including phenoxy) is 1. The van der Waals surface area contributed by atoms with E-state index in [9.17, 15) is 13.2 Å². The number of amides is 1. The zero-order valence-electron chi connectivity index (χ0n) is 10.3. The van der Waals surface area contributed by atoms with Crippen LogP contribution >= 0.6 is 0 Å². The Balaban J connectivity index is 2.09. The molecule has 0 saturated carbocycles. The van der Waals surface area contributed by atoms with Crippen molar-refractivity contribution in [1.29, 1.82) is 0 Å². The van der Waals surface area contributed by atoms with Gasteiger partial charge in [-0.15, -0.1) is 0 Å². The quantitative estimate of drug-likeness (QED) is 0.752. The number of rotatable bonds is 3. The van der Waals surface area contributed by atoms with E-state index in [0.29, 0.717) is 12.8 Å². The van der Waals surface area contributed by atoms with Crippen molar-refractivity contribution in [2.75, 3.05) is 6.61 Å². The van der Waals surface area contributed by atoms with Gasteiger partial charge in [0, 0.05) is 18.1 Å². The maximum Gasteiger partial charge on any atom is 0.421 e. The first kappa shape index (κ1) is 13.6. The first-order valence-corrected chi connectivity index (χ1v) is 7.61. The van der Waals surface area contributed by atoms with E-state index in [1.54, 1.807) is 6.92 Å². The third-order valence-corrected chi connectivity index (χ3v) is 5.04. The lowest BCUT2D eigenvalue weighted by atomic mass is 10.0. The van der Waals surface area contributed by atoms with Crippen molar-refractivity contribution in [3.05, 3.63) is 0 Å². The number of nitrogens with two attached hydrogens (primary N) is 1. The van der Waals surface area contributed by atoms with E-state index in [2.05, 4.69) is 4.74 Å². The molecule has 2 saturated heterocycles. The Morgan fingerprint density at radius 3 is 2.44 bits per heavy atom. The monoisotopic (exact) mass is 277 g/mol. The highest BCUT2D eigenvalue weighted by atomic mass is 32.2. The first-order chi connectivity index (χ1) is 8.44. The number of piperidine rings is 1. The zero-order chi connectivity index (χ0) is 13.3. The molecule has 2 aliphatic heterocycles. The summed E-state index contributed by atoms with van der Waals surface area (Å²) in [5.41, 5.74) is 5.88. The van der Waals surface area contributed by atoms with Crippen molar-refractivity contribution in [3.63, 3.8) is 0 Å². The van der Waals surface area contributed by atoms with Crippen molar-refractivity contribution >= 4 is 16.3 Å². The standard InChI is InChI=1S/C10H19N3O4S/c1-2-17-10(14)12-18(15,16)13-8-3-4-9(13)6-7(11)5-8/h7-9H,2-6,11H2,1H3,(H,12,14). The topological polar surface area (TPSA) is 102 Å². The summed E-state index contributed by atoms with van der Waals surface area (Å²) < 4.78 is 32.2. The van der Waals surface area contributed by atoms with Gasteiger partial charge in [-0.25, -0.2) is 9.52 Å². The number of hydrogen-bond acceptors (Lipinski definition) is 5. The molecule has 0 aromatic rings. The Labute approximate surface area is 107 Å². The SMILES string of the molecule is CCOC(=O)NS(=O)(=O)N1C2CCC1CC(N)C2. The van der Waals surface area contributed by atoms with E-state index in [4.69, 9.17) is 5.73 Å². The van der Waals surface area contributed by atoms with Gasteiger partial charge in [-0.1, -0.05) is 0 Å². The molecule has 0 aliphatic carbocycles. The summed E-state index contributed by atoms with van der Waals surface area (Å²) in [6.45, 7) is 1.76. The van der Waals surface area contributed by atoms with Gasteiger partial charge in [0.15, 0.2) is 0 Å². The third kappa shape index (κ3) is 2.60. The highest BCUT2D eigenvalue weighted by Crippen LogP contribution is 2.36. The van der Waals surface area contributed by atoms with Gasteiger partial charge in [0.25, 0.3) is 0 Å². The van der Waals surface area contributed by atoms with Gasteiger partial charge in [0.1, 0.15) is 0 Å². The number of carbonyl (C=O) groups is 1. The van der Waals surface area contributed by atoms with Crippen LogP contribution in [0.1, 0.15) is 32.6 Å². The predicted molar refractivity (Wildman–Crippen MR) is 64.9 cm³/mol. The molecular weight excluding hydrogens is 258 g/mol. The largest absolute Gasteiger partial charge is 0.449 e. The molecular formula is C10H19N3O4S. The zero-order valence-corrected chi connectivity index (χ0v) is 11.1. The molecule has 2 aliphatic rings. The summed E-state index contributed by atoms with van der Waals surface area (Å²) in [4.78, 5) is 11.2. The van der Waals surface area contributed by atoms with Gasteiger partial charge in [-0.2, -0.15) is 12.7 Å². The minimum atomic E-state index is -3.81. The molecule has 18 heavy (non-hydrogen) atoms. The van der Waals surface area contributed by atoms with Gasteiger partial charge >= 0.3 is 16.3 Å². The van der Waals surface area contributed by atoms with Crippen molar-refractivity contribution in [1.82, 2.24) is 9.03 Å². The van der Waals surface area contributed by atoms with Crippen LogP contribution in [0.2, 0.25) is 0 Å². The van der Waals surface area contributed by atoms with Gasteiger partial charge in [0.05, 0.1) is 6.61 Å².